The van der Waals surface area contributed by atoms with Gasteiger partial charge in [-0.15, -0.1) is 0 Å². The van der Waals surface area contributed by atoms with Gasteiger partial charge in [0.05, 0.1) is 17.2 Å². The van der Waals surface area contributed by atoms with E-state index in [1.165, 1.54) is 22.7 Å². The van der Waals surface area contributed by atoms with Crippen LogP contribution in [0.5, 0.6) is 11.5 Å². The van der Waals surface area contributed by atoms with Crippen LogP contribution >= 0.6 is 24.0 Å². The van der Waals surface area contributed by atoms with Crippen molar-refractivity contribution in [1.29, 1.82) is 0 Å². The summed E-state index contributed by atoms with van der Waals surface area (Å²) in [4.78, 5) is 15.1. The van der Waals surface area contributed by atoms with Crippen LogP contribution in [0.25, 0.3) is 16.8 Å². The van der Waals surface area contributed by atoms with Crippen LogP contribution in [0.1, 0.15) is 12.5 Å². The molecule has 0 atom stereocenters. The smallest absolute Gasteiger partial charge is 0.387 e. The number of carbonyl (C=O) groups is 1. The van der Waals surface area contributed by atoms with Gasteiger partial charge in [-0.05, 0) is 42.1 Å². The zero-order valence-electron chi connectivity index (χ0n) is 16.4. The Kier molecular flexibility index (Phi) is 6.20. The van der Waals surface area contributed by atoms with E-state index in [0.717, 1.165) is 16.5 Å². The number of rotatable bonds is 6. The Bertz CT molecular complexity index is 1190. The third-order valence-corrected chi connectivity index (χ3v) is 5.88. The summed E-state index contributed by atoms with van der Waals surface area (Å²) in [6, 6.07) is 18.0. The third-order valence-electron chi connectivity index (χ3n) is 4.58. The zero-order valence-corrected chi connectivity index (χ0v) is 18.0. The first-order valence-electron chi connectivity index (χ1n) is 9.45. The number of alkyl halides is 2. The minimum Gasteiger partial charge on any atom is -0.490 e. The number of fused-ring (bicyclic) bond motifs is 1. The maximum atomic E-state index is 13.2. The van der Waals surface area contributed by atoms with Crippen molar-refractivity contribution in [3.05, 3.63) is 71.1 Å². The van der Waals surface area contributed by atoms with E-state index in [1.54, 1.807) is 25.1 Å². The summed E-state index contributed by atoms with van der Waals surface area (Å²) in [5.41, 5.74) is 1.34. The largest absolute Gasteiger partial charge is 0.490 e. The average molecular weight is 458 g/mol. The summed E-state index contributed by atoms with van der Waals surface area (Å²) in [5.74, 6) is -0.115. The molecule has 3 aromatic rings. The Morgan fingerprint density at radius 1 is 1.10 bits per heavy atom. The minimum absolute atomic E-state index is 0.0581. The Hall–Kier alpha value is -2.97. The lowest BCUT2D eigenvalue weighted by Gasteiger charge is -2.17. The van der Waals surface area contributed by atoms with Crippen LogP contribution in [-0.4, -0.2) is 23.4 Å². The van der Waals surface area contributed by atoms with Crippen molar-refractivity contribution in [2.45, 2.75) is 13.5 Å². The van der Waals surface area contributed by atoms with E-state index < -0.39 is 6.61 Å². The van der Waals surface area contributed by atoms with Crippen LogP contribution in [0, 0.1) is 0 Å². The van der Waals surface area contributed by atoms with Gasteiger partial charge in [-0.1, -0.05) is 66.4 Å². The van der Waals surface area contributed by atoms with Crippen molar-refractivity contribution in [3.63, 3.8) is 0 Å². The second kappa shape index (κ2) is 9.03. The van der Waals surface area contributed by atoms with Gasteiger partial charge in [0.25, 0.3) is 5.91 Å². The maximum Gasteiger partial charge on any atom is 0.387 e. The lowest BCUT2D eigenvalue weighted by Crippen LogP contribution is -2.27. The molecule has 0 saturated carbocycles. The second-order valence-electron chi connectivity index (χ2n) is 6.53. The molecule has 1 fully saturated rings. The van der Waals surface area contributed by atoms with Crippen molar-refractivity contribution in [3.8, 4) is 11.5 Å². The van der Waals surface area contributed by atoms with Crippen LogP contribution in [0.3, 0.4) is 0 Å². The predicted molar refractivity (Wildman–Crippen MR) is 124 cm³/mol. The van der Waals surface area contributed by atoms with Gasteiger partial charge < -0.3 is 9.47 Å². The van der Waals surface area contributed by atoms with Crippen molar-refractivity contribution in [2.24, 2.45) is 0 Å². The molecule has 0 radical (unpaired) electrons. The first-order valence-corrected chi connectivity index (χ1v) is 10.7. The van der Waals surface area contributed by atoms with E-state index in [-0.39, 0.29) is 24.0 Å². The highest BCUT2D eigenvalue weighted by Crippen LogP contribution is 2.39. The van der Waals surface area contributed by atoms with E-state index in [1.807, 2.05) is 42.5 Å². The van der Waals surface area contributed by atoms with Crippen LogP contribution in [0.15, 0.2) is 65.6 Å². The molecule has 0 N–H and O–H groups in total. The molecule has 1 heterocycles. The van der Waals surface area contributed by atoms with Gasteiger partial charge >= 0.3 is 6.61 Å². The normalized spacial score (nSPS) is 15.4. The van der Waals surface area contributed by atoms with E-state index in [0.29, 0.717) is 14.8 Å². The molecule has 8 heteroatoms. The highest BCUT2D eigenvalue weighted by Gasteiger charge is 2.34. The molecule has 0 bridgehead atoms. The number of amides is 1. The molecule has 0 spiro atoms. The van der Waals surface area contributed by atoms with E-state index in [4.69, 9.17) is 17.0 Å². The summed E-state index contributed by atoms with van der Waals surface area (Å²) in [6.45, 7) is -0.928. The zero-order chi connectivity index (χ0) is 22.0. The van der Waals surface area contributed by atoms with Gasteiger partial charge in [-0.25, -0.2) is 0 Å². The van der Waals surface area contributed by atoms with Gasteiger partial charge in [0.2, 0.25) is 0 Å². The number of anilines is 1. The molecule has 0 aromatic heterocycles. The summed E-state index contributed by atoms with van der Waals surface area (Å²) < 4.78 is 35.6. The SMILES string of the molecule is CCOc1cc(/C=C2/SC(=S)N(c3cccc4ccccc34)C2=O)ccc1OC(F)F. The van der Waals surface area contributed by atoms with Crippen LogP contribution < -0.4 is 14.4 Å². The molecule has 4 nitrogen and oxygen atoms in total. The van der Waals surface area contributed by atoms with Gasteiger partial charge in [0.1, 0.15) is 0 Å². The highest BCUT2D eigenvalue weighted by molar-refractivity contribution is 8.27. The quantitative estimate of drug-likeness (QED) is 0.323. The number of hydrogen-bond donors (Lipinski definition) is 0. The number of halogens is 2. The monoisotopic (exact) mass is 457 g/mol. The fraction of sp³-hybridized carbons (Fsp3) is 0.130. The summed E-state index contributed by atoms with van der Waals surface area (Å²) in [6.07, 6.45) is 1.67. The third kappa shape index (κ3) is 4.40. The van der Waals surface area contributed by atoms with Gasteiger partial charge in [0, 0.05) is 5.39 Å². The number of thiocarbonyl (C=S) groups is 1. The number of carbonyl (C=O) groups excluding carboxylic acids is 1. The lowest BCUT2D eigenvalue weighted by molar-refractivity contribution is -0.113. The minimum atomic E-state index is -2.96. The molecule has 3 aromatic carbocycles. The molecule has 1 saturated heterocycles. The summed E-state index contributed by atoms with van der Waals surface area (Å²) >= 11 is 6.68. The fourth-order valence-electron chi connectivity index (χ4n) is 3.31. The van der Waals surface area contributed by atoms with Gasteiger partial charge in [-0.2, -0.15) is 8.78 Å². The molecular weight excluding hydrogens is 440 g/mol. The van der Waals surface area contributed by atoms with Crippen LogP contribution in [0.2, 0.25) is 0 Å². The lowest BCUT2D eigenvalue weighted by atomic mass is 10.1. The van der Waals surface area contributed by atoms with E-state index in [9.17, 15) is 13.6 Å². The first-order chi connectivity index (χ1) is 15.0. The molecule has 158 valence electrons. The molecule has 0 unspecified atom stereocenters. The standard InChI is InChI=1S/C23H17F2NO3S2/c1-2-28-19-12-14(10-11-18(19)29-22(24)25)13-20-21(27)26(23(30)31-20)17-9-5-7-15-6-3-4-8-16(15)17/h3-13,22H,2H2,1H3/b20-13+. The number of nitrogens with zero attached hydrogens (tertiary/aromatic N) is 1. The van der Waals surface area contributed by atoms with Crippen molar-refractivity contribution in [1.82, 2.24) is 0 Å². The Balaban J connectivity index is 1.68. The first kappa shape index (κ1) is 21.3. The fourth-order valence-corrected chi connectivity index (χ4v) is 4.59. The van der Waals surface area contributed by atoms with Crippen LogP contribution in [0.4, 0.5) is 14.5 Å². The predicted octanol–water partition coefficient (Wildman–Crippen LogP) is 6.25. The highest BCUT2D eigenvalue weighted by atomic mass is 32.2. The van der Waals surface area contributed by atoms with E-state index >= 15 is 0 Å². The molecule has 1 aliphatic heterocycles. The Morgan fingerprint density at radius 2 is 1.87 bits per heavy atom. The molecule has 1 aliphatic rings. The van der Waals surface area contributed by atoms with Crippen molar-refractivity contribution >= 4 is 56.7 Å². The Morgan fingerprint density at radius 3 is 2.65 bits per heavy atom. The van der Waals surface area contributed by atoms with Gasteiger partial charge in [-0.3, -0.25) is 9.69 Å². The number of hydrogen-bond acceptors (Lipinski definition) is 5. The van der Waals surface area contributed by atoms with Crippen LogP contribution in [-0.2, 0) is 4.79 Å². The van der Waals surface area contributed by atoms with Crippen molar-refractivity contribution in [2.75, 3.05) is 11.5 Å². The Labute approximate surface area is 187 Å². The van der Waals surface area contributed by atoms with E-state index in [2.05, 4.69) is 4.74 Å². The topological polar surface area (TPSA) is 38.8 Å². The molecule has 4 rings (SSSR count). The molecule has 31 heavy (non-hydrogen) atoms. The summed E-state index contributed by atoms with van der Waals surface area (Å²) in [7, 11) is 0. The average Bonchev–Trinajstić information content (AvgIpc) is 3.02. The summed E-state index contributed by atoms with van der Waals surface area (Å²) in [5, 5.41) is 1.93. The maximum absolute atomic E-state index is 13.2. The number of benzene rings is 3. The number of ether oxygens (including phenoxy) is 2. The second-order valence-corrected chi connectivity index (χ2v) is 8.21. The van der Waals surface area contributed by atoms with Crippen molar-refractivity contribution < 1.29 is 23.0 Å². The molecular formula is C23H17F2NO3S2. The molecule has 0 aliphatic carbocycles. The molecule has 1 amide bonds. The van der Waals surface area contributed by atoms with Gasteiger partial charge in [0.15, 0.2) is 15.8 Å². The number of thioether (sulfide) groups is 1.